The second-order valence-corrected chi connectivity index (χ2v) is 3.01. The first-order valence-electron chi connectivity index (χ1n) is 4.07. The summed E-state index contributed by atoms with van der Waals surface area (Å²) in [5.74, 6) is -0.723. The predicted octanol–water partition coefficient (Wildman–Crippen LogP) is 2.67. The molecule has 0 aliphatic carbocycles. The summed E-state index contributed by atoms with van der Waals surface area (Å²) in [6.07, 6.45) is -2.96. The van der Waals surface area contributed by atoms with E-state index < -0.39 is 28.5 Å². The predicted molar refractivity (Wildman–Crippen MR) is 52.0 cm³/mol. The molecule has 0 fully saturated rings. The Morgan fingerprint density at radius 3 is 2.69 bits per heavy atom. The molecule has 0 N–H and O–H groups in total. The largest absolute Gasteiger partial charge is 0.489 e. The molecule has 1 rings (SSSR count). The molecule has 0 saturated heterocycles. The highest BCUT2D eigenvalue weighted by Gasteiger charge is 2.26. The number of hydrogen-bond acceptors (Lipinski definition) is 4. The SMILES string of the molecule is COc1c([N+](=O)[O-])cc(CCl)nc1C(F)F. The monoisotopic (exact) mass is 252 g/mol. The van der Waals surface area contributed by atoms with Crippen molar-refractivity contribution < 1.29 is 18.4 Å². The van der Waals surface area contributed by atoms with Crippen LogP contribution in [-0.2, 0) is 5.88 Å². The Morgan fingerprint density at radius 2 is 2.31 bits per heavy atom. The molecule has 1 heterocycles. The van der Waals surface area contributed by atoms with E-state index in [2.05, 4.69) is 9.72 Å². The van der Waals surface area contributed by atoms with Gasteiger partial charge in [0, 0.05) is 6.07 Å². The summed E-state index contributed by atoms with van der Waals surface area (Å²) >= 11 is 5.40. The maximum Gasteiger partial charge on any atom is 0.314 e. The zero-order chi connectivity index (χ0) is 12.3. The minimum atomic E-state index is -2.96. The van der Waals surface area contributed by atoms with E-state index in [0.29, 0.717) is 0 Å². The highest BCUT2D eigenvalue weighted by atomic mass is 35.5. The lowest BCUT2D eigenvalue weighted by atomic mass is 10.2. The number of pyridine rings is 1. The van der Waals surface area contributed by atoms with Crippen LogP contribution in [0.25, 0.3) is 0 Å². The number of ether oxygens (including phenoxy) is 1. The van der Waals surface area contributed by atoms with Gasteiger partial charge in [-0.1, -0.05) is 0 Å². The molecule has 1 aromatic heterocycles. The van der Waals surface area contributed by atoms with Crippen LogP contribution in [0.5, 0.6) is 5.75 Å². The lowest BCUT2D eigenvalue weighted by Gasteiger charge is -2.08. The molecule has 0 unspecified atom stereocenters. The van der Waals surface area contributed by atoms with Gasteiger partial charge in [-0.2, -0.15) is 0 Å². The molecule has 0 saturated carbocycles. The van der Waals surface area contributed by atoms with Gasteiger partial charge in [0.15, 0.2) is 5.69 Å². The molecule has 5 nitrogen and oxygen atoms in total. The molecular formula is C8H7ClF2N2O3. The second kappa shape index (κ2) is 5.02. The van der Waals surface area contributed by atoms with Gasteiger partial charge in [0.1, 0.15) is 0 Å². The van der Waals surface area contributed by atoms with Gasteiger partial charge >= 0.3 is 5.69 Å². The van der Waals surface area contributed by atoms with Gasteiger partial charge in [-0.3, -0.25) is 10.1 Å². The van der Waals surface area contributed by atoms with Crippen molar-refractivity contribution in [3.05, 3.63) is 27.6 Å². The number of methoxy groups -OCH3 is 1. The fourth-order valence-corrected chi connectivity index (χ4v) is 1.29. The summed E-state index contributed by atoms with van der Waals surface area (Å²) in [4.78, 5) is 13.3. The average Bonchev–Trinajstić information content (AvgIpc) is 2.26. The Labute approximate surface area is 94.1 Å². The summed E-state index contributed by atoms with van der Waals surface area (Å²) < 4.78 is 29.7. The van der Waals surface area contributed by atoms with Crippen LogP contribution >= 0.6 is 11.6 Å². The fourth-order valence-electron chi connectivity index (χ4n) is 1.15. The van der Waals surface area contributed by atoms with Crippen molar-refractivity contribution in [1.29, 1.82) is 0 Å². The van der Waals surface area contributed by atoms with Gasteiger partial charge < -0.3 is 4.74 Å². The van der Waals surface area contributed by atoms with Gasteiger partial charge in [-0.05, 0) is 0 Å². The van der Waals surface area contributed by atoms with E-state index in [9.17, 15) is 18.9 Å². The molecule has 0 atom stereocenters. The van der Waals surface area contributed by atoms with Crippen LogP contribution < -0.4 is 4.74 Å². The number of alkyl halides is 3. The minimum Gasteiger partial charge on any atom is -0.489 e. The minimum absolute atomic E-state index is 0.00414. The van der Waals surface area contributed by atoms with Gasteiger partial charge in [-0.15, -0.1) is 11.6 Å². The van der Waals surface area contributed by atoms with E-state index in [1.165, 1.54) is 0 Å². The van der Waals surface area contributed by atoms with Crippen LogP contribution in [0.1, 0.15) is 17.8 Å². The molecule has 8 heteroatoms. The van der Waals surface area contributed by atoms with Crippen molar-refractivity contribution in [3.8, 4) is 5.75 Å². The molecule has 0 amide bonds. The summed E-state index contributed by atoms with van der Waals surface area (Å²) in [5.41, 5.74) is -1.33. The van der Waals surface area contributed by atoms with Crippen LogP contribution in [0, 0.1) is 10.1 Å². The first-order valence-corrected chi connectivity index (χ1v) is 4.61. The third kappa shape index (κ3) is 2.35. The third-order valence-electron chi connectivity index (χ3n) is 1.78. The number of nitro groups is 1. The molecule has 1 aromatic rings. The van der Waals surface area contributed by atoms with Crippen molar-refractivity contribution in [1.82, 2.24) is 4.98 Å². The summed E-state index contributed by atoms with van der Waals surface area (Å²) in [5, 5.41) is 10.6. The molecule has 0 aliphatic heterocycles. The molecule has 0 spiro atoms. The van der Waals surface area contributed by atoms with Crippen molar-refractivity contribution in [2.75, 3.05) is 7.11 Å². The molecular weight excluding hydrogens is 246 g/mol. The molecule has 0 aromatic carbocycles. The maximum absolute atomic E-state index is 12.6. The lowest BCUT2D eigenvalue weighted by Crippen LogP contribution is -2.03. The Hall–Kier alpha value is -1.50. The highest BCUT2D eigenvalue weighted by Crippen LogP contribution is 2.36. The van der Waals surface area contributed by atoms with Gasteiger partial charge in [-0.25, -0.2) is 13.8 Å². The van der Waals surface area contributed by atoms with Crippen molar-refractivity contribution >= 4 is 17.3 Å². The number of halogens is 3. The molecule has 0 radical (unpaired) electrons. The summed E-state index contributed by atoms with van der Waals surface area (Å²) in [7, 11) is 1.07. The molecule has 88 valence electrons. The van der Waals surface area contributed by atoms with Crippen molar-refractivity contribution in [2.45, 2.75) is 12.3 Å². The van der Waals surface area contributed by atoms with Crippen LogP contribution in [-0.4, -0.2) is 17.0 Å². The van der Waals surface area contributed by atoms with Crippen molar-refractivity contribution in [2.24, 2.45) is 0 Å². The van der Waals surface area contributed by atoms with Crippen molar-refractivity contribution in [3.63, 3.8) is 0 Å². The molecule has 16 heavy (non-hydrogen) atoms. The van der Waals surface area contributed by atoms with Crippen LogP contribution in [0.4, 0.5) is 14.5 Å². The first kappa shape index (κ1) is 12.6. The van der Waals surface area contributed by atoms with E-state index in [0.717, 1.165) is 13.2 Å². The number of hydrogen-bond donors (Lipinski definition) is 0. The zero-order valence-electron chi connectivity index (χ0n) is 8.11. The van der Waals surface area contributed by atoms with E-state index in [1.54, 1.807) is 0 Å². The van der Waals surface area contributed by atoms with Gasteiger partial charge in [0.2, 0.25) is 5.75 Å². The Bertz CT molecular complexity index is 415. The second-order valence-electron chi connectivity index (χ2n) is 2.74. The zero-order valence-corrected chi connectivity index (χ0v) is 8.87. The fraction of sp³-hybridized carbons (Fsp3) is 0.375. The average molecular weight is 253 g/mol. The Kier molecular flexibility index (Phi) is 3.94. The van der Waals surface area contributed by atoms with Crippen LogP contribution in [0.3, 0.4) is 0 Å². The van der Waals surface area contributed by atoms with Crippen LogP contribution in [0.2, 0.25) is 0 Å². The normalized spacial score (nSPS) is 10.6. The van der Waals surface area contributed by atoms with E-state index >= 15 is 0 Å². The lowest BCUT2D eigenvalue weighted by molar-refractivity contribution is -0.386. The quantitative estimate of drug-likeness (QED) is 0.469. The topological polar surface area (TPSA) is 65.3 Å². The standard InChI is InChI=1S/C8H7ClF2N2O3/c1-16-7-5(13(14)15)2-4(3-9)12-6(7)8(10)11/h2,8H,3H2,1H3. The van der Waals surface area contributed by atoms with Gasteiger partial charge in [0.25, 0.3) is 6.43 Å². The number of nitrogens with zero attached hydrogens (tertiary/aromatic N) is 2. The van der Waals surface area contributed by atoms with Gasteiger partial charge in [0.05, 0.1) is 23.6 Å². The first-order chi connectivity index (χ1) is 7.51. The smallest absolute Gasteiger partial charge is 0.314 e. The highest BCUT2D eigenvalue weighted by molar-refractivity contribution is 6.16. The summed E-state index contributed by atoms with van der Waals surface area (Å²) in [6.45, 7) is 0. The van der Waals surface area contributed by atoms with E-state index in [-0.39, 0.29) is 11.6 Å². The van der Waals surface area contributed by atoms with E-state index in [4.69, 9.17) is 11.6 Å². The maximum atomic E-state index is 12.6. The third-order valence-corrected chi connectivity index (χ3v) is 2.05. The Morgan fingerprint density at radius 1 is 1.69 bits per heavy atom. The number of aromatic nitrogens is 1. The van der Waals surface area contributed by atoms with E-state index in [1.807, 2.05) is 0 Å². The van der Waals surface area contributed by atoms with Crippen LogP contribution in [0.15, 0.2) is 6.07 Å². The number of rotatable bonds is 4. The Balaban J connectivity index is 3.46. The molecule has 0 bridgehead atoms. The summed E-state index contributed by atoms with van der Waals surface area (Å²) in [6, 6.07) is 1.01. The molecule has 0 aliphatic rings.